The number of carbonyl (C=O) groups is 1. The molecule has 1 aliphatic carbocycles. The highest BCUT2D eigenvalue weighted by molar-refractivity contribution is 5.74. The normalized spacial score (nSPS) is 16.7. The van der Waals surface area contributed by atoms with E-state index in [1.54, 1.807) is 11.1 Å². The summed E-state index contributed by atoms with van der Waals surface area (Å²) in [7, 11) is 0. The van der Waals surface area contributed by atoms with Crippen LogP contribution in [0.25, 0.3) is 22.6 Å². The molecule has 0 atom stereocenters. The predicted octanol–water partition coefficient (Wildman–Crippen LogP) is 4.10. The van der Waals surface area contributed by atoms with Crippen LogP contribution in [0.15, 0.2) is 29.1 Å². The van der Waals surface area contributed by atoms with Crippen molar-refractivity contribution in [3.8, 4) is 22.6 Å². The molecular formula is C24H31N7O3. The number of rotatable bonds is 8. The van der Waals surface area contributed by atoms with Crippen LogP contribution >= 0.6 is 0 Å². The number of piperidine rings is 1. The number of nitrogen functional groups attached to an aromatic ring is 1. The Labute approximate surface area is 198 Å². The number of hydrogen-bond donors (Lipinski definition) is 1. The zero-order valence-electron chi connectivity index (χ0n) is 19.5. The van der Waals surface area contributed by atoms with Crippen LogP contribution in [0.3, 0.4) is 0 Å². The minimum atomic E-state index is -0.213. The van der Waals surface area contributed by atoms with Crippen molar-refractivity contribution in [1.82, 2.24) is 29.9 Å². The lowest BCUT2D eigenvalue weighted by atomic mass is 10.1. The van der Waals surface area contributed by atoms with Gasteiger partial charge in [0.2, 0.25) is 5.89 Å². The molecule has 0 unspecified atom stereocenters. The second kappa shape index (κ2) is 9.82. The van der Waals surface area contributed by atoms with Gasteiger partial charge in [0.05, 0.1) is 24.4 Å². The number of anilines is 1. The number of amides is 1. The van der Waals surface area contributed by atoms with E-state index < -0.39 is 0 Å². The van der Waals surface area contributed by atoms with Gasteiger partial charge in [-0.3, -0.25) is 4.68 Å². The number of likely N-dealkylation sites (tertiary alicyclic amines) is 1. The van der Waals surface area contributed by atoms with Gasteiger partial charge in [-0.25, -0.2) is 9.78 Å². The molecule has 0 bridgehead atoms. The van der Waals surface area contributed by atoms with E-state index in [9.17, 15) is 4.79 Å². The number of carbonyl (C=O) groups excluding carboxylic acids is 1. The largest absolute Gasteiger partial charge is 0.449 e. The van der Waals surface area contributed by atoms with E-state index in [1.165, 1.54) is 12.8 Å². The first kappa shape index (κ1) is 22.4. The van der Waals surface area contributed by atoms with Gasteiger partial charge < -0.3 is 19.8 Å². The van der Waals surface area contributed by atoms with Crippen LogP contribution in [0.4, 0.5) is 10.6 Å². The molecule has 3 aromatic rings. The molecule has 10 nitrogen and oxygen atoms in total. The summed E-state index contributed by atoms with van der Waals surface area (Å²) < 4.78 is 13.2. The summed E-state index contributed by atoms with van der Waals surface area (Å²) in [6.45, 7) is 3.90. The number of pyridine rings is 1. The van der Waals surface area contributed by atoms with Crippen molar-refractivity contribution in [2.75, 3.05) is 25.4 Å². The van der Waals surface area contributed by atoms with Crippen molar-refractivity contribution in [3.05, 3.63) is 30.5 Å². The number of aromatic nitrogens is 5. The van der Waals surface area contributed by atoms with Crippen molar-refractivity contribution in [3.63, 3.8) is 0 Å². The summed E-state index contributed by atoms with van der Waals surface area (Å²) >= 11 is 0. The summed E-state index contributed by atoms with van der Waals surface area (Å²) in [5.41, 5.74) is 8.57. The SMILES string of the molecule is CCCCOC(=O)N1CCC(n2cc(-c3cnc(N)c(-c4nnc(CC5CC5)o4)c3)cn2)CC1. The Morgan fingerprint density at radius 2 is 2.00 bits per heavy atom. The molecule has 1 saturated carbocycles. The average molecular weight is 466 g/mol. The molecule has 2 N–H and O–H groups in total. The van der Waals surface area contributed by atoms with Gasteiger partial charge in [-0.1, -0.05) is 13.3 Å². The topological polar surface area (TPSA) is 125 Å². The first-order valence-electron chi connectivity index (χ1n) is 12.1. The Morgan fingerprint density at radius 3 is 2.76 bits per heavy atom. The maximum atomic E-state index is 12.2. The van der Waals surface area contributed by atoms with Crippen LogP contribution < -0.4 is 5.73 Å². The third-order valence-corrected chi connectivity index (χ3v) is 6.53. The molecule has 1 amide bonds. The molecule has 2 fully saturated rings. The number of nitrogens with zero attached hydrogens (tertiary/aromatic N) is 6. The fourth-order valence-corrected chi connectivity index (χ4v) is 4.21. The first-order valence-corrected chi connectivity index (χ1v) is 12.1. The predicted molar refractivity (Wildman–Crippen MR) is 126 cm³/mol. The highest BCUT2D eigenvalue weighted by Crippen LogP contribution is 2.34. The van der Waals surface area contributed by atoms with Gasteiger partial charge >= 0.3 is 6.09 Å². The van der Waals surface area contributed by atoms with Gasteiger partial charge in [0, 0.05) is 43.0 Å². The fraction of sp³-hybridized carbons (Fsp3) is 0.542. The van der Waals surface area contributed by atoms with Gasteiger partial charge in [-0.2, -0.15) is 5.10 Å². The fourth-order valence-electron chi connectivity index (χ4n) is 4.21. The summed E-state index contributed by atoms with van der Waals surface area (Å²) in [6.07, 6.45) is 12.2. The zero-order chi connectivity index (χ0) is 23.5. The Morgan fingerprint density at radius 1 is 1.18 bits per heavy atom. The lowest BCUT2D eigenvalue weighted by Crippen LogP contribution is -2.39. The standard InChI is InChI=1S/C24H31N7O3/c1-2-3-10-33-24(32)30-8-6-19(7-9-30)31-15-18(14-27-31)17-12-20(22(25)26-13-17)23-29-28-21(34-23)11-16-4-5-16/h12-16,19H,2-11H2,1H3,(H2,25,26). The minimum Gasteiger partial charge on any atom is -0.449 e. The molecule has 0 aromatic carbocycles. The molecule has 4 heterocycles. The van der Waals surface area contributed by atoms with Crippen LogP contribution in [0.2, 0.25) is 0 Å². The lowest BCUT2D eigenvalue weighted by Gasteiger charge is -2.31. The van der Waals surface area contributed by atoms with E-state index in [-0.39, 0.29) is 12.1 Å². The lowest BCUT2D eigenvalue weighted by molar-refractivity contribution is 0.0865. The Balaban J connectivity index is 1.24. The molecule has 1 saturated heterocycles. The number of ether oxygens (including phenoxy) is 1. The highest BCUT2D eigenvalue weighted by atomic mass is 16.6. The Kier molecular flexibility index (Phi) is 6.46. The van der Waals surface area contributed by atoms with E-state index in [0.717, 1.165) is 43.2 Å². The van der Waals surface area contributed by atoms with Crippen LogP contribution in [0.5, 0.6) is 0 Å². The minimum absolute atomic E-state index is 0.213. The molecule has 1 aliphatic heterocycles. The number of nitrogens with two attached hydrogens (primary N) is 1. The van der Waals surface area contributed by atoms with Crippen molar-refractivity contribution in [2.24, 2.45) is 5.92 Å². The maximum Gasteiger partial charge on any atom is 0.409 e. The number of unbranched alkanes of at least 4 members (excludes halogenated alkanes) is 1. The van der Waals surface area contributed by atoms with Crippen LogP contribution in [0.1, 0.15) is 57.4 Å². The summed E-state index contributed by atoms with van der Waals surface area (Å²) in [4.78, 5) is 18.3. The van der Waals surface area contributed by atoms with E-state index in [0.29, 0.717) is 48.8 Å². The second-order valence-electron chi connectivity index (χ2n) is 9.20. The van der Waals surface area contributed by atoms with Gasteiger partial charge in [0.1, 0.15) is 5.82 Å². The van der Waals surface area contributed by atoms with Crippen LogP contribution in [0, 0.1) is 5.92 Å². The third-order valence-electron chi connectivity index (χ3n) is 6.53. The van der Waals surface area contributed by atoms with Crippen molar-refractivity contribution in [2.45, 2.75) is 57.9 Å². The van der Waals surface area contributed by atoms with Gasteiger partial charge in [0.25, 0.3) is 5.89 Å². The smallest absolute Gasteiger partial charge is 0.409 e. The number of hydrogen-bond acceptors (Lipinski definition) is 8. The van der Waals surface area contributed by atoms with Crippen molar-refractivity contribution < 1.29 is 13.9 Å². The molecule has 5 rings (SSSR count). The van der Waals surface area contributed by atoms with Crippen molar-refractivity contribution in [1.29, 1.82) is 0 Å². The third kappa shape index (κ3) is 5.05. The quantitative estimate of drug-likeness (QED) is 0.493. The molecular weight excluding hydrogens is 434 g/mol. The van der Waals surface area contributed by atoms with Crippen LogP contribution in [-0.2, 0) is 11.2 Å². The highest BCUT2D eigenvalue weighted by Gasteiger charge is 2.26. The molecule has 34 heavy (non-hydrogen) atoms. The summed E-state index contributed by atoms with van der Waals surface area (Å²) in [6, 6.07) is 2.16. The van der Waals surface area contributed by atoms with E-state index >= 15 is 0 Å². The molecule has 180 valence electrons. The Bertz CT molecular complexity index is 1130. The van der Waals surface area contributed by atoms with Crippen molar-refractivity contribution >= 4 is 11.9 Å². The first-order chi connectivity index (χ1) is 16.6. The molecule has 3 aromatic heterocycles. The van der Waals surface area contributed by atoms with Gasteiger partial charge in [-0.15, -0.1) is 10.2 Å². The monoisotopic (exact) mass is 465 g/mol. The van der Waals surface area contributed by atoms with Crippen LogP contribution in [-0.4, -0.2) is 55.7 Å². The maximum absolute atomic E-state index is 12.2. The van der Waals surface area contributed by atoms with Gasteiger partial charge in [0.15, 0.2) is 0 Å². The van der Waals surface area contributed by atoms with E-state index in [1.807, 2.05) is 23.1 Å². The average Bonchev–Trinajstić information content (AvgIpc) is 3.32. The molecule has 2 aliphatic rings. The second-order valence-corrected chi connectivity index (χ2v) is 9.20. The Hall–Kier alpha value is -3.43. The van der Waals surface area contributed by atoms with E-state index in [4.69, 9.17) is 14.9 Å². The summed E-state index contributed by atoms with van der Waals surface area (Å²) in [5.74, 6) is 2.07. The van der Waals surface area contributed by atoms with Gasteiger partial charge in [-0.05, 0) is 44.1 Å². The summed E-state index contributed by atoms with van der Waals surface area (Å²) in [5, 5.41) is 12.9. The zero-order valence-corrected chi connectivity index (χ0v) is 19.5. The molecule has 0 spiro atoms. The van der Waals surface area contributed by atoms with E-state index in [2.05, 4.69) is 27.2 Å². The molecule has 0 radical (unpaired) electrons. The molecule has 10 heteroatoms.